The molecule has 2 heterocycles. The monoisotopic (exact) mass is 184 g/mol. The molecule has 13 heavy (non-hydrogen) atoms. The Morgan fingerprint density at radius 1 is 1.38 bits per heavy atom. The zero-order chi connectivity index (χ0) is 9.26. The number of nitrogens with one attached hydrogen (secondary N) is 1. The summed E-state index contributed by atoms with van der Waals surface area (Å²) in [4.78, 5) is 2.37. The van der Waals surface area contributed by atoms with E-state index in [-0.39, 0.29) is 6.10 Å². The smallest absolute Gasteiger partial charge is 0.0595 e. The number of hydrogen-bond acceptors (Lipinski definition) is 3. The van der Waals surface area contributed by atoms with Gasteiger partial charge in [0.15, 0.2) is 0 Å². The Bertz CT molecular complexity index is 174. The van der Waals surface area contributed by atoms with Crippen molar-refractivity contribution in [3.63, 3.8) is 0 Å². The quantitative estimate of drug-likeness (QED) is 0.598. The van der Waals surface area contributed by atoms with E-state index in [0.717, 1.165) is 19.5 Å². The van der Waals surface area contributed by atoms with Gasteiger partial charge in [-0.25, -0.2) is 0 Å². The molecule has 2 rings (SSSR count). The van der Waals surface area contributed by atoms with Gasteiger partial charge in [-0.2, -0.15) is 0 Å². The van der Waals surface area contributed by atoms with Crippen LogP contribution in [0.5, 0.6) is 0 Å². The van der Waals surface area contributed by atoms with Crippen molar-refractivity contribution in [3.05, 3.63) is 0 Å². The second-order valence-corrected chi connectivity index (χ2v) is 4.53. The fraction of sp³-hybridized carbons (Fsp3) is 1.00. The zero-order valence-corrected chi connectivity index (χ0v) is 8.37. The molecule has 0 saturated carbocycles. The van der Waals surface area contributed by atoms with Crippen molar-refractivity contribution in [1.29, 1.82) is 0 Å². The van der Waals surface area contributed by atoms with Gasteiger partial charge in [-0.3, -0.25) is 0 Å². The van der Waals surface area contributed by atoms with Crippen LogP contribution in [0.15, 0.2) is 0 Å². The van der Waals surface area contributed by atoms with Crippen molar-refractivity contribution < 1.29 is 5.11 Å². The first-order valence-electron chi connectivity index (χ1n) is 5.34. The van der Waals surface area contributed by atoms with Crippen LogP contribution in [0.4, 0.5) is 0 Å². The summed E-state index contributed by atoms with van der Waals surface area (Å²) in [7, 11) is 2.17. The molecule has 2 aliphatic heterocycles. The Labute approximate surface area is 80.1 Å². The van der Waals surface area contributed by atoms with E-state index in [1.807, 2.05) is 0 Å². The van der Waals surface area contributed by atoms with E-state index in [1.54, 1.807) is 0 Å². The number of piperidine rings is 1. The summed E-state index contributed by atoms with van der Waals surface area (Å²) in [5.74, 6) is 1.21. The maximum absolute atomic E-state index is 9.86. The van der Waals surface area contributed by atoms with Gasteiger partial charge in [-0.15, -0.1) is 0 Å². The van der Waals surface area contributed by atoms with Crippen molar-refractivity contribution in [2.75, 3.05) is 33.2 Å². The molecule has 0 spiro atoms. The fourth-order valence-corrected chi connectivity index (χ4v) is 2.67. The lowest BCUT2D eigenvalue weighted by molar-refractivity contribution is 0.0487. The molecule has 3 heteroatoms. The van der Waals surface area contributed by atoms with Gasteiger partial charge in [0.25, 0.3) is 0 Å². The van der Waals surface area contributed by atoms with E-state index in [2.05, 4.69) is 17.3 Å². The molecule has 0 aliphatic carbocycles. The van der Waals surface area contributed by atoms with Crippen LogP contribution >= 0.6 is 0 Å². The molecule has 3 atom stereocenters. The standard InChI is InChI=1S/C10H20N2O/c1-12-5-3-8(7-12)9-6-11-4-2-10(9)13/h8-11,13H,2-7H2,1H3. The second kappa shape index (κ2) is 3.95. The average molecular weight is 184 g/mol. The first-order valence-corrected chi connectivity index (χ1v) is 5.34. The molecule has 2 fully saturated rings. The van der Waals surface area contributed by atoms with Crippen molar-refractivity contribution in [3.8, 4) is 0 Å². The van der Waals surface area contributed by atoms with Crippen LogP contribution in [0.1, 0.15) is 12.8 Å². The van der Waals surface area contributed by atoms with Crippen LogP contribution in [0.2, 0.25) is 0 Å². The lowest BCUT2D eigenvalue weighted by Crippen LogP contribution is -2.44. The molecule has 0 aromatic heterocycles. The molecule has 2 saturated heterocycles. The molecule has 76 valence electrons. The van der Waals surface area contributed by atoms with Crippen molar-refractivity contribution in [1.82, 2.24) is 10.2 Å². The highest BCUT2D eigenvalue weighted by Gasteiger charge is 2.33. The highest BCUT2D eigenvalue weighted by molar-refractivity contribution is 4.87. The van der Waals surface area contributed by atoms with Gasteiger partial charge in [0.2, 0.25) is 0 Å². The van der Waals surface area contributed by atoms with E-state index in [1.165, 1.54) is 19.5 Å². The van der Waals surface area contributed by atoms with Crippen LogP contribution in [-0.4, -0.2) is 49.3 Å². The molecule has 3 unspecified atom stereocenters. The number of rotatable bonds is 1. The number of likely N-dealkylation sites (tertiary alicyclic amines) is 1. The first kappa shape index (κ1) is 9.44. The van der Waals surface area contributed by atoms with Crippen molar-refractivity contribution in [2.24, 2.45) is 11.8 Å². The number of aliphatic hydroxyl groups excluding tert-OH is 1. The molecule has 0 bridgehead atoms. The highest BCUT2D eigenvalue weighted by atomic mass is 16.3. The minimum absolute atomic E-state index is 0.0576. The predicted octanol–water partition coefficient (Wildman–Crippen LogP) is -0.0915. The molecular weight excluding hydrogens is 164 g/mol. The molecule has 3 nitrogen and oxygen atoms in total. The van der Waals surface area contributed by atoms with Crippen molar-refractivity contribution >= 4 is 0 Å². The van der Waals surface area contributed by atoms with Gasteiger partial charge < -0.3 is 15.3 Å². The highest BCUT2D eigenvalue weighted by Crippen LogP contribution is 2.28. The Kier molecular flexibility index (Phi) is 2.86. The van der Waals surface area contributed by atoms with E-state index >= 15 is 0 Å². The molecule has 0 aromatic carbocycles. The van der Waals surface area contributed by atoms with Gasteiger partial charge >= 0.3 is 0 Å². The summed E-state index contributed by atoms with van der Waals surface area (Å²) >= 11 is 0. The van der Waals surface area contributed by atoms with E-state index < -0.39 is 0 Å². The third-order valence-electron chi connectivity index (χ3n) is 3.52. The van der Waals surface area contributed by atoms with Crippen LogP contribution in [0.3, 0.4) is 0 Å². The molecule has 2 N–H and O–H groups in total. The SMILES string of the molecule is CN1CCC(C2CNCCC2O)C1. The van der Waals surface area contributed by atoms with E-state index in [4.69, 9.17) is 0 Å². The van der Waals surface area contributed by atoms with E-state index in [0.29, 0.717) is 11.8 Å². The van der Waals surface area contributed by atoms with Gasteiger partial charge in [0, 0.05) is 19.0 Å². The first-order chi connectivity index (χ1) is 6.27. The fourth-order valence-electron chi connectivity index (χ4n) is 2.67. The van der Waals surface area contributed by atoms with Crippen LogP contribution in [0.25, 0.3) is 0 Å². The predicted molar refractivity (Wildman–Crippen MR) is 52.6 cm³/mol. The van der Waals surface area contributed by atoms with Crippen LogP contribution in [-0.2, 0) is 0 Å². The van der Waals surface area contributed by atoms with Gasteiger partial charge in [-0.05, 0) is 38.9 Å². The average Bonchev–Trinajstić information content (AvgIpc) is 2.53. The number of nitrogens with zero attached hydrogens (tertiary/aromatic N) is 1. The van der Waals surface area contributed by atoms with Crippen LogP contribution in [0, 0.1) is 11.8 Å². The molecule has 0 aromatic rings. The summed E-state index contributed by atoms with van der Waals surface area (Å²) in [6, 6.07) is 0. The van der Waals surface area contributed by atoms with Crippen LogP contribution < -0.4 is 5.32 Å². The molecular formula is C10H20N2O. The van der Waals surface area contributed by atoms with Gasteiger partial charge in [0.05, 0.1) is 6.10 Å². The maximum Gasteiger partial charge on any atom is 0.0595 e. The summed E-state index contributed by atoms with van der Waals surface area (Å²) < 4.78 is 0. The summed E-state index contributed by atoms with van der Waals surface area (Å²) in [6.07, 6.45) is 2.14. The molecule has 0 radical (unpaired) electrons. The number of aliphatic hydroxyl groups is 1. The maximum atomic E-state index is 9.86. The Morgan fingerprint density at radius 2 is 2.23 bits per heavy atom. The Hall–Kier alpha value is -0.120. The molecule has 2 aliphatic rings. The third-order valence-corrected chi connectivity index (χ3v) is 3.52. The van der Waals surface area contributed by atoms with Gasteiger partial charge in [-0.1, -0.05) is 0 Å². The summed E-state index contributed by atoms with van der Waals surface area (Å²) in [5, 5.41) is 13.2. The van der Waals surface area contributed by atoms with Gasteiger partial charge in [0.1, 0.15) is 0 Å². The number of hydrogen-bond donors (Lipinski definition) is 2. The van der Waals surface area contributed by atoms with Crippen molar-refractivity contribution in [2.45, 2.75) is 18.9 Å². The lowest BCUT2D eigenvalue weighted by atomic mass is 9.83. The largest absolute Gasteiger partial charge is 0.393 e. The minimum Gasteiger partial charge on any atom is -0.393 e. The van der Waals surface area contributed by atoms with E-state index in [9.17, 15) is 5.11 Å². The zero-order valence-electron chi connectivity index (χ0n) is 8.37. The lowest BCUT2D eigenvalue weighted by Gasteiger charge is -2.32. The Balaban J connectivity index is 1.91. The third kappa shape index (κ3) is 2.03. The Morgan fingerprint density at radius 3 is 2.85 bits per heavy atom. The summed E-state index contributed by atoms with van der Waals surface area (Å²) in [6.45, 7) is 4.37. The topological polar surface area (TPSA) is 35.5 Å². The molecule has 0 amide bonds. The minimum atomic E-state index is -0.0576. The normalized spacial score (nSPS) is 42.5. The summed E-state index contributed by atoms with van der Waals surface area (Å²) in [5.41, 5.74) is 0. The second-order valence-electron chi connectivity index (χ2n) is 4.53.